The first kappa shape index (κ1) is 13.6. The van der Waals surface area contributed by atoms with Gasteiger partial charge in [-0.15, -0.1) is 0 Å². The molecule has 1 heterocycles. The highest BCUT2D eigenvalue weighted by molar-refractivity contribution is 5.78. The van der Waals surface area contributed by atoms with Crippen molar-refractivity contribution in [2.24, 2.45) is 5.92 Å². The number of aliphatic hydroxyl groups excluding tert-OH is 1. The summed E-state index contributed by atoms with van der Waals surface area (Å²) in [6.45, 7) is 4.30. The van der Waals surface area contributed by atoms with Gasteiger partial charge in [-0.1, -0.05) is 26.3 Å². The first-order chi connectivity index (χ1) is 8.13. The molecule has 0 saturated heterocycles. The van der Waals surface area contributed by atoms with Gasteiger partial charge in [0, 0.05) is 18.9 Å². The van der Waals surface area contributed by atoms with Gasteiger partial charge < -0.3 is 10.4 Å². The van der Waals surface area contributed by atoms with Crippen molar-refractivity contribution in [3.05, 3.63) is 30.1 Å². The van der Waals surface area contributed by atoms with Crippen LogP contribution in [-0.4, -0.2) is 28.6 Å². The SMILES string of the molecule is CCC(C)C(O)CNC(=O)Cc1cccnc1. The van der Waals surface area contributed by atoms with Crippen molar-refractivity contribution in [3.63, 3.8) is 0 Å². The van der Waals surface area contributed by atoms with Gasteiger partial charge in [0.15, 0.2) is 0 Å². The highest BCUT2D eigenvalue weighted by atomic mass is 16.3. The van der Waals surface area contributed by atoms with Crippen molar-refractivity contribution in [2.45, 2.75) is 32.8 Å². The fourth-order valence-corrected chi connectivity index (χ4v) is 1.44. The molecule has 4 heteroatoms. The Morgan fingerprint density at radius 3 is 2.94 bits per heavy atom. The molecule has 1 aromatic rings. The van der Waals surface area contributed by atoms with Crippen LogP contribution in [0.15, 0.2) is 24.5 Å². The quantitative estimate of drug-likeness (QED) is 0.778. The molecule has 2 unspecified atom stereocenters. The standard InChI is InChI=1S/C13H20N2O2/c1-3-10(2)12(16)9-15-13(17)7-11-5-4-6-14-8-11/h4-6,8,10,12,16H,3,7,9H2,1-2H3,(H,15,17). The van der Waals surface area contributed by atoms with Crippen LogP contribution in [0.25, 0.3) is 0 Å². The first-order valence-electron chi connectivity index (χ1n) is 5.97. The minimum absolute atomic E-state index is 0.0830. The maximum Gasteiger partial charge on any atom is 0.224 e. The van der Waals surface area contributed by atoms with Crippen LogP contribution >= 0.6 is 0 Å². The van der Waals surface area contributed by atoms with E-state index in [0.29, 0.717) is 13.0 Å². The van der Waals surface area contributed by atoms with Gasteiger partial charge in [0.2, 0.25) is 5.91 Å². The minimum atomic E-state index is -0.474. The maximum absolute atomic E-state index is 11.6. The average molecular weight is 236 g/mol. The number of pyridine rings is 1. The van der Waals surface area contributed by atoms with Crippen molar-refractivity contribution in [1.82, 2.24) is 10.3 Å². The number of amides is 1. The Balaban J connectivity index is 2.31. The number of aromatic nitrogens is 1. The first-order valence-corrected chi connectivity index (χ1v) is 5.97. The fourth-order valence-electron chi connectivity index (χ4n) is 1.44. The number of carbonyl (C=O) groups is 1. The van der Waals surface area contributed by atoms with E-state index in [2.05, 4.69) is 10.3 Å². The Bertz CT molecular complexity index is 341. The summed E-state index contributed by atoms with van der Waals surface area (Å²) in [7, 11) is 0. The van der Waals surface area contributed by atoms with E-state index in [1.54, 1.807) is 18.5 Å². The molecule has 1 aromatic heterocycles. The monoisotopic (exact) mass is 236 g/mol. The van der Waals surface area contributed by atoms with Gasteiger partial charge in [-0.05, 0) is 17.5 Å². The summed E-state index contributed by atoms with van der Waals surface area (Å²) in [4.78, 5) is 15.5. The Morgan fingerprint density at radius 2 is 2.35 bits per heavy atom. The van der Waals surface area contributed by atoms with Crippen LogP contribution in [0.4, 0.5) is 0 Å². The predicted octanol–water partition coefficient (Wildman–Crippen LogP) is 1.15. The van der Waals surface area contributed by atoms with E-state index < -0.39 is 6.10 Å². The predicted molar refractivity (Wildman–Crippen MR) is 66.4 cm³/mol. The maximum atomic E-state index is 11.6. The molecule has 0 fully saturated rings. The Kier molecular flexibility index (Phi) is 5.63. The lowest BCUT2D eigenvalue weighted by Gasteiger charge is -2.17. The fraction of sp³-hybridized carbons (Fsp3) is 0.538. The lowest BCUT2D eigenvalue weighted by molar-refractivity contribution is -0.121. The smallest absolute Gasteiger partial charge is 0.224 e. The van der Waals surface area contributed by atoms with E-state index in [0.717, 1.165) is 12.0 Å². The van der Waals surface area contributed by atoms with E-state index in [1.165, 1.54) is 0 Å². The van der Waals surface area contributed by atoms with E-state index in [4.69, 9.17) is 0 Å². The molecule has 0 aromatic carbocycles. The third-order valence-corrected chi connectivity index (χ3v) is 2.90. The Morgan fingerprint density at radius 1 is 1.59 bits per heavy atom. The molecule has 4 nitrogen and oxygen atoms in total. The number of hydrogen-bond acceptors (Lipinski definition) is 3. The number of rotatable bonds is 6. The zero-order valence-electron chi connectivity index (χ0n) is 10.4. The highest BCUT2D eigenvalue weighted by Crippen LogP contribution is 2.06. The number of hydrogen-bond donors (Lipinski definition) is 2. The van der Waals surface area contributed by atoms with Crippen molar-refractivity contribution in [3.8, 4) is 0 Å². The number of carbonyl (C=O) groups excluding carboxylic acids is 1. The number of nitrogens with zero attached hydrogens (tertiary/aromatic N) is 1. The number of nitrogens with one attached hydrogen (secondary N) is 1. The zero-order valence-corrected chi connectivity index (χ0v) is 10.4. The van der Waals surface area contributed by atoms with E-state index in [-0.39, 0.29) is 11.8 Å². The summed E-state index contributed by atoms with van der Waals surface area (Å²) in [5.74, 6) is 0.119. The molecule has 94 valence electrons. The molecule has 0 radical (unpaired) electrons. The second kappa shape index (κ2) is 7.01. The molecular formula is C13H20N2O2. The molecular weight excluding hydrogens is 216 g/mol. The highest BCUT2D eigenvalue weighted by Gasteiger charge is 2.13. The molecule has 17 heavy (non-hydrogen) atoms. The zero-order chi connectivity index (χ0) is 12.7. The molecule has 0 saturated carbocycles. The Labute approximate surface area is 102 Å². The third kappa shape index (κ3) is 4.95. The van der Waals surface area contributed by atoms with Crippen molar-refractivity contribution in [2.75, 3.05) is 6.54 Å². The average Bonchev–Trinajstić information content (AvgIpc) is 2.36. The Hall–Kier alpha value is -1.42. The molecule has 0 bridgehead atoms. The molecule has 1 rings (SSSR count). The van der Waals surface area contributed by atoms with E-state index in [9.17, 15) is 9.90 Å². The molecule has 2 N–H and O–H groups in total. The third-order valence-electron chi connectivity index (χ3n) is 2.90. The lowest BCUT2D eigenvalue weighted by atomic mass is 10.0. The second-order valence-corrected chi connectivity index (χ2v) is 4.30. The van der Waals surface area contributed by atoms with Crippen LogP contribution in [0, 0.1) is 5.92 Å². The molecule has 0 aliphatic carbocycles. The molecule has 0 aliphatic rings. The van der Waals surface area contributed by atoms with Crippen LogP contribution in [-0.2, 0) is 11.2 Å². The van der Waals surface area contributed by atoms with Gasteiger partial charge in [0.05, 0.1) is 12.5 Å². The van der Waals surface area contributed by atoms with Crippen LogP contribution in [0.1, 0.15) is 25.8 Å². The summed E-state index contributed by atoms with van der Waals surface area (Å²) in [5.41, 5.74) is 0.878. The van der Waals surface area contributed by atoms with Crippen molar-refractivity contribution in [1.29, 1.82) is 0 Å². The summed E-state index contributed by atoms with van der Waals surface area (Å²) >= 11 is 0. The van der Waals surface area contributed by atoms with E-state index in [1.807, 2.05) is 19.9 Å². The van der Waals surface area contributed by atoms with Gasteiger partial charge in [-0.3, -0.25) is 9.78 Å². The molecule has 0 spiro atoms. The van der Waals surface area contributed by atoms with Crippen LogP contribution in [0.2, 0.25) is 0 Å². The largest absolute Gasteiger partial charge is 0.391 e. The van der Waals surface area contributed by atoms with Gasteiger partial charge in [0.25, 0.3) is 0 Å². The van der Waals surface area contributed by atoms with Gasteiger partial charge >= 0.3 is 0 Å². The van der Waals surface area contributed by atoms with Crippen LogP contribution in [0.3, 0.4) is 0 Å². The summed E-state index contributed by atoms with van der Waals surface area (Å²) in [6.07, 6.45) is 4.08. The summed E-state index contributed by atoms with van der Waals surface area (Å²) < 4.78 is 0. The molecule has 1 amide bonds. The van der Waals surface area contributed by atoms with Crippen molar-refractivity contribution < 1.29 is 9.90 Å². The van der Waals surface area contributed by atoms with Crippen molar-refractivity contribution >= 4 is 5.91 Å². The molecule has 0 aliphatic heterocycles. The van der Waals surface area contributed by atoms with E-state index >= 15 is 0 Å². The summed E-state index contributed by atoms with van der Waals surface area (Å²) in [5, 5.41) is 12.4. The second-order valence-electron chi connectivity index (χ2n) is 4.30. The summed E-state index contributed by atoms with van der Waals surface area (Å²) in [6, 6.07) is 3.66. The van der Waals surface area contributed by atoms with Gasteiger partial charge in [-0.25, -0.2) is 0 Å². The van der Waals surface area contributed by atoms with Gasteiger partial charge in [-0.2, -0.15) is 0 Å². The minimum Gasteiger partial charge on any atom is -0.391 e. The number of aliphatic hydroxyl groups is 1. The molecule has 2 atom stereocenters. The van der Waals surface area contributed by atoms with Crippen LogP contribution < -0.4 is 5.32 Å². The van der Waals surface area contributed by atoms with Crippen LogP contribution in [0.5, 0.6) is 0 Å². The topological polar surface area (TPSA) is 62.2 Å². The normalized spacial score (nSPS) is 14.1. The lowest BCUT2D eigenvalue weighted by Crippen LogP contribution is -2.36. The van der Waals surface area contributed by atoms with Gasteiger partial charge in [0.1, 0.15) is 0 Å².